The molecular weight excluding hydrogens is 332 g/mol. The zero-order valence-corrected chi connectivity index (χ0v) is 14.3. The highest BCUT2D eigenvalue weighted by Gasteiger charge is 2.32. The molecule has 2 aliphatic heterocycles. The van der Waals surface area contributed by atoms with Crippen LogP contribution in [0.1, 0.15) is 36.0 Å². The fraction of sp³-hybridized carbons (Fsp3) is 0.500. The molecule has 0 spiro atoms. The Morgan fingerprint density at radius 3 is 2.88 bits per heavy atom. The van der Waals surface area contributed by atoms with E-state index < -0.39 is 16.0 Å². The molecule has 1 aromatic carbocycles. The Hall–Kier alpha value is -1.93. The number of benzene rings is 1. The molecule has 7 nitrogen and oxygen atoms in total. The van der Waals surface area contributed by atoms with E-state index in [9.17, 15) is 13.2 Å². The molecule has 1 saturated heterocycles. The van der Waals surface area contributed by atoms with Crippen LogP contribution in [0.25, 0.3) is 0 Å². The monoisotopic (exact) mass is 352 g/mol. The molecule has 1 fully saturated rings. The van der Waals surface area contributed by atoms with Gasteiger partial charge < -0.3 is 14.4 Å². The molecule has 0 bridgehead atoms. The minimum absolute atomic E-state index is 0.0642. The van der Waals surface area contributed by atoms with Crippen molar-refractivity contribution in [1.82, 2.24) is 0 Å². The highest BCUT2D eigenvalue weighted by Crippen LogP contribution is 2.35. The van der Waals surface area contributed by atoms with Gasteiger partial charge in [-0.05, 0) is 31.0 Å². The molecule has 0 radical (unpaired) electrons. The first-order chi connectivity index (χ1) is 11.5. The Kier molecular flexibility index (Phi) is 4.86. The van der Waals surface area contributed by atoms with Gasteiger partial charge in [0.25, 0.3) is 10.0 Å². The van der Waals surface area contributed by atoms with Gasteiger partial charge in [0.05, 0.1) is 17.9 Å². The molecule has 1 aromatic rings. The normalized spacial score (nSPS) is 18.9. The Labute approximate surface area is 141 Å². The van der Waals surface area contributed by atoms with Crippen molar-refractivity contribution in [3.63, 3.8) is 0 Å². The van der Waals surface area contributed by atoms with Crippen molar-refractivity contribution >= 4 is 27.5 Å². The summed E-state index contributed by atoms with van der Waals surface area (Å²) in [6.45, 7) is 1.14. The summed E-state index contributed by atoms with van der Waals surface area (Å²) < 4.78 is 38.8. The second-order valence-electron chi connectivity index (χ2n) is 5.76. The van der Waals surface area contributed by atoms with Crippen molar-refractivity contribution in [2.75, 3.05) is 31.8 Å². The number of esters is 1. The molecular formula is C16H20N2O5S. The van der Waals surface area contributed by atoms with E-state index >= 15 is 0 Å². The molecule has 8 heteroatoms. The number of methoxy groups -OCH3 is 1. The summed E-state index contributed by atoms with van der Waals surface area (Å²) in [5, 5.41) is 0. The van der Waals surface area contributed by atoms with Crippen LogP contribution in [0.5, 0.6) is 0 Å². The summed E-state index contributed by atoms with van der Waals surface area (Å²) in [4.78, 5) is 14.0. The van der Waals surface area contributed by atoms with Crippen molar-refractivity contribution in [1.29, 1.82) is 0 Å². The molecule has 130 valence electrons. The second kappa shape index (κ2) is 6.90. The average molecular weight is 352 g/mol. The van der Waals surface area contributed by atoms with Crippen molar-refractivity contribution in [2.45, 2.75) is 30.6 Å². The van der Waals surface area contributed by atoms with Gasteiger partial charge >= 0.3 is 5.97 Å². The number of carbonyl (C=O) groups excluding carboxylic acids is 1. The predicted molar refractivity (Wildman–Crippen MR) is 89.0 cm³/mol. The van der Waals surface area contributed by atoms with E-state index in [4.69, 9.17) is 9.47 Å². The Bertz CT molecular complexity index is 773. The number of rotatable bonds is 4. The van der Waals surface area contributed by atoms with Gasteiger partial charge in [0.15, 0.2) is 0 Å². The van der Waals surface area contributed by atoms with Crippen LogP contribution in [0.3, 0.4) is 0 Å². The molecule has 0 N–H and O–H groups in total. The van der Waals surface area contributed by atoms with Crippen LogP contribution in [-0.2, 0) is 19.5 Å². The van der Waals surface area contributed by atoms with Crippen LogP contribution in [0, 0.1) is 0 Å². The zero-order chi connectivity index (χ0) is 17.2. The van der Waals surface area contributed by atoms with Gasteiger partial charge in [-0.15, -0.1) is 4.40 Å². The summed E-state index contributed by atoms with van der Waals surface area (Å²) in [7, 11) is -2.29. The van der Waals surface area contributed by atoms with Crippen molar-refractivity contribution in [3.05, 3.63) is 23.8 Å². The number of amidine groups is 1. The first kappa shape index (κ1) is 16.9. The largest absolute Gasteiger partial charge is 0.460 e. The van der Waals surface area contributed by atoms with Gasteiger partial charge in [-0.25, -0.2) is 4.79 Å². The summed E-state index contributed by atoms with van der Waals surface area (Å²) in [6, 6.07) is 4.61. The molecule has 0 aromatic heterocycles. The number of fused-ring (bicyclic) bond motifs is 3. The summed E-state index contributed by atoms with van der Waals surface area (Å²) in [5.41, 5.74) is 0.789. The fourth-order valence-electron chi connectivity index (χ4n) is 2.91. The quantitative estimate of drug-likeness (QED) is 0.608. The summed E-state index contributed by atoms with van der Waals surface area (Å²) >= 11 is 0. The third-order valence-electron chi connectivity index (χ3n) is 4.10. The lowest BCUT2D eigenvalue weighted by Crippen LogP contribution is -2.35. The number of nitrogens with zero attached hydrogens (tertiary/aromatic N) is 2. The standard InChI is InChI=1S/C16H20N2O5S/c1-22-9-10-23-16(19)12-6-7-13-14(11-12)24(20,21)17-15-5-3-2-4-8-18(13)15/h6-7,11H,2-5,8-10H2,1H3. The SMILES string of the molecule is COCCOC(=O)c1ccc2c(c1)S(=O)(=O)N=C1CCCCCN12. The number of carbonyl (C=O) groups is 1. The topological polar surface area (TPSA) is 85.3 Å². The van der Waals surface area contributed by atoms with Crippen LogP contribution >= 0.6 is 0 Å². The van der Waals surface area contributed by atoms with E-state index in [1.54, 1.807) is 12.1 Å². The van der Waals surface area contributed by atoms with E-state index in [1.165, 1.54) is 13.2 Å². The summed E-state index contributed by atoms with van der Waals surface area (Å²) in [6.07, 6.45) is 3.62. The minimum Gasteiger partial charge on any atom is -0.460 e. The molecule has 3 rings (SSSR count). The highest BCUT2D eigenvalue weighted by molar-refractivity contribution is 7.90. The predicted octanol–water partition coefficient (Wildman–Crippen LogP) is 1.97. The lowest BCUT2D eigenvalue weighted by Gasteiger charge is -2.29. The van der Waals surface area contributed by atoms with E-state index in [0.717, 1.165) is 25.8 Å². The molecule has 2 aliphatic rings. The van der Waals surface area contributed by atoms with E-state index in [-0.39, 0.29) is 23.7 Å². The zero-order valence-electron chi connectivity index (χ0n) is 13.5. The molecule has 2 heterocycles. The highest BCUT2D eigenvalue weighted by atomic mass is 32.2. The van der Waals surface area contributed by atoms with Crippen LogP contribution in [0.15, 0.2) is 27.5 Å². The third-order valence-corrected chi connectivity index (χ3v) is 5.44. The molecule has 0 atom stereocenters. The van der Waals surface area contributed by atoms with Gasteiger partial charge in [-0.2, -0.15) is 8.42 Å². The molecule has 0 aliphatic carbocycles. The smallest absolute Gasteiger partial charge is 0.338 e. The maximum atomic E-state index is 12.5. The van der Waals surface area contributed by atoms with Crippen LogP contribution < -0.4 is 4.90 Å². The van der Waals surface area contributed by atoms with Crippen molar-refractivity contribution in [3.8, 4) is 0 Å². The maximum absolute atomic E-state index is 12.5. The van der Waals surface area contributed by atoms with Crippen LogP contribution in [0.2, 0.25) is 0 Å². The van der Waals surface area contributed by atoms with E-state index in [1.807, 2.05) is 4.90 Å². The number of hydrogen-bond acceptors (Lipinski definition) is 6. The molecule has 0 unspecified atom stereocenters. The van der Waals surface area contributed by atoms with Crippen LogP contribution in [-0.4, -0.2) is 47.1 Å². The lowest BCUT2D eigenvalue weighted by atomic mass is 10.2. The van der Waals surface area contributed by atoms with E-state index in [0.29, 0.717) is 17.9 Å². The Morgan fingerprint density at radius 1 is 1.25 bits per heavy atom. The number of ether oxygens (including phenoxy) is 2. The van der Waals surface area contributed by atoms with Crippen LogP contribution in [0.4, 0.5) is 5.69 Å². The first-order valence-electron chi connectivity index (χ1n) is 7.94. The lowest BCUT2D eigenvalue weighted by molar-refractivity contribution is 0.0388. The van der Waals surface area contributed by atoms with Gasteiger partial charge in [-0.1, -0.05) is 6.42 Å². The number of sulfonamides is 1. The van der Waals surface area contributed by atoms with Gasteiger partial charge in [-0.3, -0.25) is 0 Å². The van der Waals surface area contributed by atoms with Crippen molar-refractivity contribution in [2.24, 2.45) is 4.40 Å². The third kappa shape index (κ3) is 3.29. The van der Waals surface area contributed by atoms with Crippen molar-refractivity contribution < 1.29 is 22.7 Å². The molecule has 0 amide bonds. The Morgan fingerprint density at radius 2 is 2.08 bits per heavy atom. The molecule has 0 saturated carbocycles. The molecule has 24 heavy (non-hydrogen) atoms. The maximum Gasteiger partial charge on any atom is 0.338 e. The fourth-order valence-corrected chi connectivity index (χ4v) is 4.19. The van der Waals surface area contributed by atoms with Gasteiger partial charge in [0.1, 0.15) is 17.3 Å². The Balaban J connectivity index is 1.94. The van der Waals surface area contributed by atoms with Gasteiger partial charge in [0.2, 0.25) is 0 Å². The number of anilines is 1. The first-order valence-corrected chi connectivity index (χ1v) is 9.38. The minimum atomic E-state index is -3.80. The van der Waals surface area contributed by atoms with E-state index in [2.05, 4.69) is 4.40 Å². The average Bonchev–Trinajstić information content (AvgIpc) is 2.79. The number of hydrogen-bond donors (Lipinski definition) is 0. The van der Waals surface area contributed by atoms with Gasteiger partial charge in [0, 0.05) is 20.1 Å². The second-order valence-corrected chi connectivity index (χ2v) is 7.33. The summed E-state index contributed by atoms with van der Waals surface area (Å²) in [5.74, 6) is 0.0195.